The molecule has 2 N–H and O–H groups in total. The first-order valence-electron chi connectivity index (χ1n) is 25.4. The van der Waals surface area contributed by atoms with Gasteiger partial charge in [0, 0.05) is 62.3 Å². The largest absolute Gasteiger partial charge is 0.493 e. The number of halogens is 4. The average molecular weight is 1130 g/mol. The molecule has 0 spiro atoms. The lowest BCUT2D eigenvalue weighted by Gasteiger charge is -2.34. The second kappa shape index (κ2) is 26.7. The number of aliphatic hydroxyl groups is 1. The molecule has 76 heavy (non-hydrogen) atoms. The maximum atomic E-state index is 13.4. The number of nitrogens with zero attached hydrogens (tertiary/aromatic N) is 3. The van der Waals surface area contributed by atoms with E-state index in [4.69, 9.17) is 74.8 Å². The SMILES string of the molecule is C=CCC(C(=O)Nc1ccc(OC)c(OCC2CCCN(C(=O)OC(C)(C)C)C2)c1)c1ccc(Cl)c(Cl)c1.COc1ccc(N2C(=O)C(c3ccc(Cl)c(Cl)c3)CC2O)cc1OCC1CCCN(C(=O)OC(C)(C)C)C1. The maximum Gasteiger partial charge on any atom is 0.410 e. The number of likely N-dealkylation sites (tertiary alicyclic amines) is 2. The first kappa shape index (κ1) is 59.7. The zero-order valence-corrected chi connectivity index (χ0v) is 47.5. The predicted molar refractivity (Wildman–Crippen MR) is 298 cm³/mol. The molecule has 4 amide bonds. The van der Waals surface area contributed by atoms with Crippen LogP contribution in [0.2, 0.25) is 20.1 Å². The number of anilines is 2. The van der Waals surface area contributed by atoms with E-state index in [0.717, 1.165) is 31.2 Å². The number of methoxy groups -OCH3 is 2. The number of rotatable bonds is 15. The van der Waals surface area contributed by atoms with Gasteiger partial charge in [-0.15, -0.1) is 6.58 Å². The molecule has 7 rings (SSSR count). The van der Waals surface area contributed by atoms with Crippen molar-refractivity contribution in [1.29, 1.82) is 0 Å². The minimum Gasteiger partial charge on any atom is -0.493 e. The van der Waals surface area contributed by atoms with E-state index in [2.05, 4.69) is 11.9 Å². The van der Waals surface area contributed by atoms with Crippen molar-refractivity contribution in [2.75, 3.05) is 63.8 Å². The normalized spacial score (nSPS) is 19.2. The van der Waals surface area contributed by atoms with Crippen molar-refractivity contribution in [3.05, 3.63) is 117 Å². The highest BCUT2D eigenvalue weighted by atomic mass is 35.5. The van der Waals surface area contributed by atoms with Gasteiger partial charge in [0.1, 0.15) is 17.4 Å². The third-order valence-corrected chi connectivity index (χ3v) is 14.3. The van der Waals surface area contributed by atoms with Crippen LogP contribution in [0.5, 0.6) is 23.0 Å². The Morgan fingerprint density at radius 3 is 1.75 bits per heavy atom. The van der Waals surface area contributed by atoms with Crippen molar-refractivity contribution in [1.82, 2.24) is 9.80 Å². The molecule has 0 aromatic heterocycles. The summed E-state index contributed by atoms with van der Waals surface area (Å²) >= 11 is 24.4. The fourth-order valence-corrected chi connectivity index (χ4v) is 9.77. The van der Waals surface area contributed by atoms with Gasteiger partial charge in [-0.2, -0.15) is 0 Å². The number of ether oxygens (including phenoxy) is 6. The summed E-state index contributed by atoms with van der Waals surface area (Å²) in [5, 5.41) is 15.4. The molecular formula is C57H70Cl4N4O11. The molecule has 412 valence electrons. The van der Waals surface area contributed by atoms with Gasteiger partial charge in [-0.3, -0.25) is 14.5 Å². The van der Waals surface area contributed by atoms with E-state index in [9.17, 15) is 24.3 Å². The number of carbonyl (C=O) groups is 4. The van der Waals surface area contributed by atoms with Gasteiger partial charge >= 0.3 is 12.2 Å². The molecule has 4 aromatic carbocycles. The van der Waals surface area contributed by atoms with E-state index in [1.165, 1.54) is 4.90 Å². The summed E-state index contributed by atoms with van der Waals surface area (Å²) < 4.78 is 34.3. The van der Waals surface area contributed by atoms with Crippen LogP contribution in [0.25, 0.3) is 0 Å². The number of hydrogen-bond donors (Lipinski definition) is 2. The molecule has 15 nitrogen and oxygen atoms in total. The Balaban J connectivity index is 0.000000247. The second-order valence-corrected chi connectivity index (χ2v) is 22.7. The summed E-state index contributed by atoms with van der Waals surface area (Å²) in [7, 11) is 3.11. The third kappa shape index (κ3) is 16.5. The van der Waals surface area contributed by atoms with Crippen LogP contribution >= 0.6 is 46.4 Å². The smallest absolute Gasteiger partial charge is 0.410 e. The molecule has 3 saturated heterocycles. The Bertz CT molecular complexity index is 2690. The summed E-state index contributed by atoms with van der Waals surface area (Å²) in [4.78, 5) is 56.4. The summed E-state index contributed by atoms with van der Waals surface area (Å²) in [6.45, 7) is 18.1. The number of piperidine rings is 2. The van der Waals surface area contributed by atoms with Crippen molar-refractivity contribution < 1.29 is 52.7 Å². The fraction of sp³-hybridized carbons (Fsp3) is 0.474. The molecule has 3 fully saturated rings. The van der Waals surface area contributed by atoms with Crippen LogP contribution in [0, 0.1) is 11.8 Å². The van der Waals surface area contributed by atoms with Gasteiger partial charge in [0.15, 0.2) is 23.0 Å². The summed E-state index contributed by atoms with van der Waals surface area (Å²) in [6, 6.07) is 20.6. The van der Waals surface area contributed by atoms with Crippen LogP contribution in [0.15, 0.2) is 85.5 Å². The first-order chi connectivity index (χ1) is 36.0. The van der Waals surface area contributed by atoms with Crippen LogP contribution in [0.1, 0.15) is 103 Å². The van der Waals surface area contributed by atoms with E-state index in [-0.39, 0.29) is 42.3 Å². The van der Waals surface area contributed by atoms with Crippen molar-refractivity contribution in [2.45, 2.75) is 109 Å². The lowest BCUT2D eigenvalue weighted by Crippen LogP contribution is -2.44. The Kier molecular flexibility index (Phi) is 20.9. The Hall–Kier alpha value is -5.58. The molecule has 19 heteroatoms. The maximum absolute atomic E-state index is 13.4. The number of benzene rings is 4. The van der Waals surface area contributed by atoms with Crippen LogP contribution in [0.3, 0.4) is 0 Å². The molecule has 3 aliphatic rings. The van der Waals surface area contributed by atoms with Gasteiger partial charge in [0.2, 0.25) is 11.8 Å². The van der Waals surface area contributed by atoms with E-state index < -0.39 is 29.3 Å². The lowest BCUT2D eigenvalue weighted by atomic mass is 9.94. The highest BCUT2D eigenvalue weighted by Gasteiger charge is 2.41. The predicted octanol–water partition coefficient (Wildman–Crippen LogP) is 13.2. The highest BCUT2D eigenvalue weighted by Crippen LogP contribution is 2.41. The van der Waals surface area contributed by atoms with Crippen LogP contribution in [-0.2, 0) is 19.1 Å². The van der Waals surface area contributed by atoms with Crippen molar-refractivity contribution in [3.63, 3.8) is 0 Å². The van der Waals surface area contributed by atoms with Gasteiger partial charge in [-0.05, 0) is 133 Å². The molecule has 0 saturated carbocycles. The van der Waals surface area contributed by atoms with Crippen molar-refractivity contribution in [2.24, 2.45) is 11.8 Å². The minimum absolute atomic E-state index is 0.114. The Morgan fingerprint density at radius 2 is 1.24 bits per heavy atom. The van der Waals surface area contributed by atoms with Crippen LogP contribution in [0.4, 0.5) is 21.0 Å². The van der Waals surface area contributed by atoms with E-state index in [1.54, 1.807) is 103 Å². The van der Waals surface area contributed by atoms with Crippen LogP contribution < -0.4 is 29.2 Å². The standard InChI is InChI=1S/C29H36Cl2N2O5.C28H34Cl2N2O6/c1-6-8-22(20-10-12-23(30)24(31)15-20)27(34)32-21-11-13-25(36-5)26(16-21)37-18-19-9-7-14-33(17-19)28(35)38-29(2,3)4;1-28(2,3)38-27(35)31-11-5-6-17(15-31)16-37-24-13-19(8-10-23(24)36-4)32-25(33)14-20(26(32)34)18-7-9-21(29)22(30)12-18/h6,10-13,15-16,19,22H,1,7-9,14,17-18H2,2-5H3,(H,32,34);7-10,12-13,17,20,25,33H,5-6,11,14-16H2,1-4H3. The fourth-order valence-electron chi connectivity index (χ4n) is 9.16. The van der Waals surface area contributed by atoms with E-state index in [1.807, 2.05) is 41.5 Å². The van der Waals surface area contributed by atoms with Gasteiger partial charge in [0.25, 0.3) is 0 Å². The first-order valence-corrected chi connectivity index (χ1v) is 26.9. The summed E-state index contributed by atoms with van der Waals surface area (Å²) in [5.74, 6) is 0.792. The number of allylic oxidation sites excluding steroid dienone is 1. The molecule has 5 atom stereocenters. The van der Waals surface area contributed by atoms with Gasteiger partial charge in [0.05, 0.1) is 65.0 Å². The van der Waals surface area contributed by atoms with E-state index in [0.29, 0.717) is 106 Å². The summed E-state index contributed by atoms with van der Waals surface area (Å²) in [5.41, 5.74) is 1.42. The molecule has 0 aliphatic carbocycles. The number of amides is 4. The zero-order chi connectivity index (χ0) is 55.5. The molecule has 4 aromatic rings. The van der Waals surface area contributed by atoms with Gasteiger partial charge < -0.3 is 48.6 Å². The van der Waals surface area contributed by atoms with E-state index >= 15 is 0 Å². The number of hydrogen-bond acceptors (Lipinski definition) is 11. The molecule has 0 bridgehead atoms. The lowest BCUT2D eigenvalue weighted by molar-refractivity contribution is -0.119. The quantitative estimate of drug-likeness (QED) is 0.109. The molecule has 3 heterocycles. The Labute approximate surface area is 466 Å². The number of aliphatic hydroxyl groups excluding tert-OH is 1. The van der Waals surface area contributed by atoms with Crippen molar-refractivity contribution >= 4 is 81.8 Å². The molecule has 0 radical (unpaired) electrons. The Morgan fingerprint density at radius 1 is 0.711 bits per heavy atom. The molecule has 3 aliphatic heterocycles. The molecule has 5 unspecified atom stereocenters. The van der Waals surface area contributed by atoms with Gasteiger partial charge in [-0.1, -0.05) is 64.6 Å². The minimum atomic E-state index is -1.01. The highest BCUT2D eigenvalue weighted by molar-refractivity contribution is 6.42. The molecular weight excluding hydrogens is 1060 g/mol. The second-order valence-electron chi connectivity index (χ2n) is 21.1. The summed E-state index contributed by atoms with van der Waals surface area (Å²) in [6.07, 6.45) is 4.29. The topological polar surface area (TPSA) is 166 Å². The van der Waals surface area contributed by atoms with Gasteiger partial charge in [-0.25, -0.2) is 9.59 Å². The monoisotopic (exact) mass is 1130 g/mol. The zero-order valence-electron chi connectivity index (χ0n) is 44.5. The number of carbonyl (C=O) groups excluding carboxylic acids is 4. The van der Waals surface area contributed by atoms with Crippen molar-refractivity contribution in [3.8, 4) is 23.0 Å². The number of nitrogens with one attached hydrogen (secondary N) is 1. The average Bonchev–Trinajstić information content (AvgIpc) is 3.67. The van der Waals surface area contributed by atoms with Crippen LogP contribution in [-0.4, -0.2) is 110 Å². The third-order valence-electron chi connectivity index (χ3n) is 12.8.